The quantitative estimate of drug-likeness (QED) is 0.119. The predicted molar refractivity (Wildman–Crippen MR) is 191 cm³/mol. The third kappa shape index (κ3) is 10.5. The van der Waals surface area contributed by atoms with Crippen molar-refractivity contribution >= 4 is 29.3 Å². The van der Waals surface area contributed by atoms with Crippen LogP contribution in [-0.2, 0) is 22.7 Å². The first-order valence-electron chi connectivity index (χ1n) is 16.4. The molecule has 254 valence electrons. The molecular weight excluding hydrogens is 626 g/mol. The smallest absolute Gasteiger partial charge is 0.254 e. The van der Waals surface area contributed by atoms with Crippen LogP contribution in [0.15, 0.2) is 103 Å². The van der Waals surface area contributed by atoms with E-state index in [9.17, 15) is 24.6 Å². The van der Waals surface area contributed by atoms with Gasteiger partial charge in [-0.05, 0) is 52.4 Å². The summed E-state index contributed by atoms with van der Waals surface area (Å²) in [6.45, 7) is 6.46. The molecule has 0 bridgehead atoms. The van der Waals surface area contributed by atoms with E-state index in [4.69, 9.17) is 11.6 Å². The van der Waals surface area contributed by atoms with Crippen molar-refractivity contribution < 1.29 is 24.6 Å². The number of halogens is 1. The van der Waals surface area contributed by atoms with Crippen molar-refractivity contribution in [3.8, 4) is 11.1 Å². The van der Waals surface area contributed by atoms with Crippen molar-refractivity contribution in [3.63, 3.8) is 0 Å². The number of unbranched alkanes of at least 4 members (excludes halogenated alkanes) is 1. The van der Waals surface area contributed by atoms with Gasteiger partial charge in [-0.15, -0.1) is 0 Å². The van der Waals surface area contributed by atoms with E-state index in [2.05, 4.69) is 17.6 Å². The van der Waals surface area contributed by atoms with Gasteiger partial charge in [-0.1, -0.05) is 130 Å². The van der Waals surface area contributed by atoms with Crippen LogP contribution >= 0.6 is 11.6 Å². The summed E-state index contributed by atoms with van der Waals surface area (Å²) in [4.78, 5) is 40.3. The monoisotopic (exact) mass is 671 g/mol. The lowest BCUT2D eigenvalue weighted by atomic mass is 9.98. The van der Waals surface area contributed by atoms with E-state index >= 15 is 0 Å². The first kappa shape index (κ1) is 38.0. The average Bonchev–Trinajstić information content (AvgIpc) is 3.13. The SMILES string of the molecule is CC.CCCCC(c1ccccc1)N(C)C(=O)C(O)C(O)C(=O)NCc1ccc(-c2ccccc2C(=O)NCc2cccc(Cl)c2)cc1. The molecule has 0 heterocycles. The summed E-state index contributed by atoms with van der Waals surface area (Å²) in [7, 11) is 1.58. The van der Waals surface area contributed by atoms with Crippen LogP contribution < -0.4 is 10.6 Å². The number of aliphatic hydroxyl groups is 2. The summed E-state index contributed by atoms with van der Waals surface area (Å²) in [6, 6.07) is 31.1. The molecule has 0 saturated carbocycles. The molecule has 4 aromatic carbocycles. The second-order valence-corrected chi connectivity index (χ2v) is 11.6. The number of rotatable bonds is 14. The lowest BCUT2D eigenvalue weighted by Crippen LogP contribution is -2.50. The van der Waals surface area contributed by atoms with Crippen molar-refractivity contribution in [2.45, 2.75) is 71.4 Å². The highest BCUT2D eigenvalue weighted by Crippen LogP contribution is 2.27. The van der Waals surface area contributed by atoms with Gasteiger partial charge in [-0.3, -0.25) is 14.4 Å². The number of amides is 3. The molecule has 0 aromatic heterocycles. The van der Waals surface area contributed by atoms with Gasteiger partial charge in [-0.25, -0.2) is 0 Å². The zero-order valence-corrected chi connectivity index (χ0v) is 28.8. The summed E-state index contributed by atoms with van der Waals surface area (Å²) >= 11 is 6.06. The van der Waals surface area contributed by atoms with E-state index in [-0.39, 0.29) is 18.5 Å². The molecule has 4 aromatic rings. The molecule has 3 unspecified atom stereocenters. The third-order valence-electron chi connectivity index (χ3n) is 7.90. The topological polar surface area (TPSA) is 119 Å². The summed E-state index contributed by atoms with van der Waals surface area (Å²) < 4.78 is 0. The van der Waals surface area contributed by atoms with Crippen molar-refractivity contribution in [2.75, 3.05) is 7.05 Å². The number of hydrogen-bond donors (Lipinski definition) is 4. The Labute approximate surface area is 288 Å². The van der Waals surface area contributed by atoms with Gasteiger partial charge < -0.3 is 25.7 Å². The molecule has 0 spiro atoms. The number of nitrogens with one attached hydrogen (secondary N) is 2. The first-order valence-corrected chi connectivity index (χ1v) is 16.7. The van der Waals surface area contributed by atoms with Gasteiger partial charge in [0.25, 0.3) is 17.7 Å². The molecule has 48 heavy (non-hydrogen) atoms. The lowest BCUT2D eigenvalue weighted by molar-refractivity contribution is -0.154. The molecule has 4 N–H and O–H groups in total. The van der Waals surface area contributed by atoms with E-state index < -0.39 is 24.0 Å². The summed E-state index contributed by atoms with van der Waals surface area (Å²) in [5.74, 6) is -1.81. The van der Waals surface area contributed by atoms with Crippen molar-refractivity contribution in [3.05, 3.63) is 130 Å². The molecular formula is C39H46ClN3O5. The van der Waals surface area contributed by atoms with Crippen LogP contribution in [0.5, 0.6) is 0 Å². The summed E-state index contributed by atoms with van der Waals surface area (Å²) in [6.07, 6.45) is -1.35. The Bertz CT molecular complexity index is 1610. The average molecular weight is 672 g/mol. The van der Waals surface area contributed by atoms with E-state index in [1.807, 2.05) is 80.6 Å². The van der Waals surface area contributed by atoms with Gasteiger partial charge in [0.15, 0.2) is 12.2 Å². The van der Waals surface area contributed by atoms with Crippen molar-refractivity contribution in [2.24, 2.45) is 0 Å². The van der Waals surface area contributed by atoms with Gasteiger partial charge in [0.1, 0.15) is 0 Å². The minimum atomic E-state index is -1.94. The standard InChI is InChI=1S/C37H40ClN3O5.C2H6/c1-3-4-17-32(28-12-6-5-7-13-28)41(2)37(46)34(43)33(42)36(45)40-23-25-18-20-27(21-19-25)30-15-8-9-16-31(30)35(44)39-24-26-11-10-14-29(38)22-26;1-2/h5-16,18-22,32-34,42-43H,3-4,17,23-24H2,1-2H3,(H,39,44)(H,40,45);1-2H3. The molecule has 4 rings (SSSR count). The van der Waals surface area contributed by atoms with Crippen LogP contribution in [0.25, 0.3) is 11.1 Å². The largest absolute Gasteiger partial charge is 0.380 e. The number of aliphatic hydroxyl groups excluding tert-OH is 2. The number of likely N-dealkylation sites (N-methyl/N-ethyl adjacent to an activating group) is 1. The Kier molecular flexibility index (Phi) is 15.3. The highest BCUT2D eigenvalue weighted by molar-refractivity contribution is 6.30. The van der Waals surface area contributed by atoms with Gasteiger partial charge >= 0.3 is 0 Å². The Morgan fingerprint density at radius 3 is 2.08 bits per heavy atom. The number of carbonyl (C=O) groups excluding carboxylic acids is 3. The maximum atomic E-state index is 13.1. The molecule has 3 amide bonds. The van der Waals surface area contributed by atoms with Crippen LogP contribution in [0.4, 0.5) is 0 Å². The van der Waals surface area contributed by atoms with Crippen LogP contribution in [0.1, 0.15) is 73.1 Å². The molecule has 0 aliphatic carbocycles. The molecule has 0 aliphatic heterocycles. The van der Waals surface area contributed by atoms with E-state index in [1.165, 1.54) is 4.90 Å². The molecule has 0 radical (unpaired) electrons. The highest BCUT2D eigenvalue weighted by atomic mass is 35.5. The van der Waals surface area contributed by atoms with Crippen LogP contribution in [0.2, 0.25) is 5.02 Å². The molecule has 9 heteroatoms. The maximum Gasteiger partial charge on any atom is 0.254 e. The maximum absolute atomic E-state index is 13.1. The number of benzene rings is 4. The molecule has 0 aliphatic rings. The highest BCUT2D eigenvalue weighted by Gasteiger charge is 2.34. The Morgan fingerprint density at radius 1 is 0.771 bits per heavy atom. The fourth-order valence-corrected chi connectivity index (χ4v) is 5.46. The van der Waals surface area contributed by atoms with Crippen molar-refractivity contribution in [1.29, 1.82) is 0 Å². The summed E-state index contributed by atoms with van der Waals surface area (Å²) in [5, 5.41) is 27.4. The van der Waals surface area contributed by atoms with Crippen LogP contribution in [0.3, 0.4) is 0 Å². The number of carbonyl (C=O) groups is 3. The Balaban J connectivity index is 0.00000307. The third-order valence-corrected chi connectivity index (χ3v) is 8.13. The molecule has 0 saturated heterocycles. The zero-order chi connectivity index (χ0) is 35.1. The zero-order valence-electron chi connectivity index (χ0n) is 28.0. The second kappa shape index (κ2) is 19.4. The number of hydrogen-bond acceptors (Lipinski definition) is 5. The van der Waals surface area contributed by atoms with Gasteiger partial charge in [0.2, 0.25) is 0 Å². The van der Waals surface area contributed by atoms with Crippen LogP contribution in [0, 0.1) is 0 Å². The Morgan fingerprint density at radius 2 is 1.42 bits per heavy atom. The fourth-order valence-electron chi connectivity index (χ4n) is 5.25. The van der Waals surface area contributed by atoms with E-state index in [0.29, 0.717) is 23.6 Å². The molecule has 8 nitrogen and oxygen atoms in total. The second-order valence-electron chi connectivity index (χ2n) is 11.2. The predicted octanol–water partition coefficient (Wildman–Crippen LogP) is 6.69. The number of nitrogens with zero attached hydrogens (tertiary/aromatic N) is 1. The van der Waals surface area contributed by atoms with E-state index in [1.54, 1.807) is 43.4 Å². The minimum Gasteiger partial charge on any atom is -0.380 e. The van der Waals surface area contributed by atoms with E-state index in [0.717, 1.165) is 40.7 Å². The first-order chi connectivity index (χ1) is 23.2. The normalized spacial score (nSPS) is 12.5. The van der Waals surface area contributed by atoms with Gasteiger partial charge in [0, 0.05) is 30.7 Å². The lowest BCUT2D eigenvalue weighted by Gasteiger charge is -2.31. The van der Waals surface area contributed by atoms with Crippen LogP contribution in [-0.4, -0.2) is 52.1 Å². The fraction of sp³-hybridized carbons (Fsp3) is 0.308. The Hall–Kier alpha value is -4.50. The van der Waals surface area contributed by atoms with Crippen molar-refractivity contribution in [1.82, 2.24) is 15.5 Å². The molecule has 0 fully saturated rings. The van der Waals surface area contributed by atoms with Gasteiger partial charge in [-0.2, -0.15) is 0 Å². The minimum absolute atomic E-state index is 0.0673. The summed E-state index contributed by atoms with van der Waals surface area (Å²) in [5.41, 5.74) is 4.61. The van der Waals surface area contributed by atoms with Gasteiger partial charge in [0.05, 0.1) is 6.04 Å². The molecule has 3 atom stereocenters.